The van der Waals surface area contributed by atoms with Crippen LogP contribution in [0.15, 0.2) is 47.6 Å². The summed E-state index contributed by atoms with van der Waals surface area (Å²) in [6, 6.07) is 12.0. The molecule has 0 aliphatic heterocycles. The van der Waals surface area contributed by atoms with Crippen LogP contribution in [0, 0.1) is 6.92 Å². The number of nitrogens with zero attached hydrogens (tertiary/aromatic N) is 1. The van der Waals surface area contributed by atoms with Crippen molar-refractivity contribution in [2.75, 3.05) is 5.32 Å². The van der Waals surface area contributed by atoms with Gasteiger partial charge in [0.2, 0.25) is 0 Å². The summed E-state index contributed by atoms with van der Waals surface area (Å²) in [5.74, 6) is -1.67. The maximum absolute atomic E-state index is 11.8. The topological polar surface area (TPSA) is 70.6 Å². The molecule has 2 N–H and O–H groups in total. The number of anilines is 1. The highest BCUT2D eigenvalue weighted by Crippen LogP contribution is 2.21. The normalized spacial score (nSPS) is 10.6. The Labute approximate surface area is 143 Å². The average molecular weight is 350 g/mol. The van der Waals surface area contributed by atoms with Crippen molar-refractivity contribution in [2.45, 2.75) is 6.92 Å². The average Bonchev–Trinajstić information content (AvgIpc) is 2.53. The molecule has 0 aliphatic carbocycles. The van der Waals surface area contributed by atoms with E-state index in [0.717, 1.165) is 5.56 Å². The molecule has 0 heterocycles. The van der Waals surface area contributed by atoms with Gasteiger partial charge in [-0.25, -0.2) is 5.43 Å². The van der Waals surface area contributed by atoms with E-state index in [-0.39, 0.29) is 0 Å². The molecule has 7 heteroatoms. The van der Waals surface area contributed by atoms with Crippen LogP contribution in [0.4, 0.5) is 5.69 Å². The number of hydrogen-bond acceptors (Lipinski definition) is 3. The van der Waals surface area contributed by atoms with E-state index in [1.54, 1.807) is 30.3 Å². The Bertz CT molecular complexity index is 776. The van der Waals surface area contributed by atoms with Crippen molar-refractivity contribution in [3.63, 3.8) is 0 Å². The van der Waals surface area contributed by atoms with Crippen molar-refractivity contribution in [3.05, 3.63) is 63.6 Å². The molecule has 0 unspecified atom stereocenters. The van der Waals surface area contributed by atoms with Gasteiger partial charge >= 0.3 is 11.8 Å². The molecule has 0 saturated carbocycles. The molecule has 23 heavy (non-hydrogen) atoms. The van der Waals surface area contributed by atoms with Gasteiger partial charge in [0, 0.05) is 5.69 Å². The van der Waals surface area contributed by atoms with Crippen molar-refractivity contribution in [2.24, 2.45) is 5.10 Å². The quantitative estimate of drug-likeness (QED) is 0.506. The third-order valence-electron chi connectivity index (χ3n) is 2.92. The maximum atomic E-state index is 11.8. The molecular weight excluding hydrogens is 337 g/mol. The molecule has 0 saturated heterocycles. The maximum Gasteiger partial charge on any atom is 0.329 e. The third kappa shape index (κ3) is 4.81. The van der Waals surface area contributed by atoms with Crippen LogP contribution in [-0.4, -0.2) is 18.0 Å². The van der Waals surface area contributed by atoms with Crippen molar-refractivity contribution in [1.29, 1.82) is 0 Å². The monoisotopic (exact) mass is 349 g/mol. The van der Waals surface area contributed by atoms with Gasteiger partial charge in [-0.2, -0.15) is 5.10 Å². The van der Waals surface area contributed by atoms with Crippen molar-refractivity contribution >= 4 is 46.9 Å². The summed E-state index contributed by atoms with van der Waals surface area (Å²) in [5.41, 5.74) is 4.21. The third-order valence-corrected chi connectivity index (χ3v) is 3.66. The van der Waals surface area contributed by atoms with Crippen molar-refractivity contribution in [3.8, 4) is 0 Å². The van der Waals surface area contributed by atoms with E-state index in [2.05, 4.69) is 15.8 Å². The summed E-state index contributed by atoms with van der Waals surface area (Å²) in [4.78, 5) is 23.5. The summed E-state index contributed by atoms with van der Waals surface area (Å²) < 4.78 is 0. The number of carbonyl (C=O) groups excluding carboxylic acids is 2. The van der Waals surface area contributed by atoms with Gasteiger partial charge in [-0.05, 0) is 36.2 Å². The predicted molar refractivity (Wildman–Crippen MR) is 92.0 cm³/mol. The van der Waals surface area contributed by atoms with Crippen LogP contribution in [0.5, 0.6) is 0 Å². The Kier molecular flexibility index (Phi) is 5.73. The number of aryl methyl sites for hydroxylation is 1. The number of rotatable bonds is 3. The Hall–Kier alpha value is -2.37. The van der Waals surface area contributed by atoms with E-state index in [1.807, 2.05) is 19.1 Å². The molecule has 0 aromatic heterocycles. The van der Waals surface area contributed by atoms with Crippen LogP contribution in [0.2, 0.25) is 10.0 Å². The van der Waals surface area contributed by atoms with Gasteiger partial charge in [0.1, 0.15) is 0 Å². The minimum absolute atomic E-state index is 0.374. The molecule has 118 valence electrons. The lowest BCUT2D eigenvalue weighted by molar-refractivity contribution is -0.136. The zero-order valence-corrected chi connectivity index (χ0v) is 13.7. The lowest BCUT2D eigenvalue weighted by Gasteiger charge is -2.06. The largest absolute Gasteiger partial charge is 0.329 e. The Morgan fingerprint density at radius 2 is 1.78 bits per heavy atom. The fourth-order valence-electron chi connectivity index (χ4n) is 1.70. The fourth-order valence-corrected chi connectivity index (χ4v) is 2.01. The highest BCUT2D eigenvalue weighted by molar-refractivity contribution is 6.42. The summed E-state index contributed by atoms with van der Waals surface area (Å²) in [5, 5.41) is 7.02. The van der Waals surface area contributed by atoms with Crippen molar-refractivity contribution in [1.82, 2.24) is 5.43 Å². The first-order chi connectivity index (χ1) is 11.0. The fraction of sp³-hybridized carbons (Fsp3) is 0.0625. The second-order valence-corrected chi connectivity index (χ2v) is 5.46. The summed E-state index contributed by atoms with van der Waals surface area (Å²) >= 11 is 11.7. The van der Waals surface area contributed by atoms with Crippen LogP contribution < -0.4 is 10.7 Å². The van der Waals surface area contributed by atoms with Gasteiger partial charge < -0.3 is 5.32 Å². The van der Waals surface area contributed by atoms with E-state index >= 15 is 0 Å². The summed E-state index contributed by atoms with van der Waals surface area (Å²) in [6.45, 7) is 1.83. The molecule has 0 radical (unpaired) electrons. The van der Waals surface area contributed by atoms with Gasteiger partial charge in [-0.1, -0.05) is 47.5 Å². The predicted octanol–water partition coefficient (Wildman–Crippen LogP) is 3.39. The number of hydrogen-bond donors (Lipinski definition) is 2. The van der Waals surface area contributed by atoms with Crippen LogP contribution in [0.1, 0.15) is 11.1 Å². The number of carbonyl (C=O) groups is 2. The standard InChI is InChI=1S/C16H13Cl2N3O2/c1-10-4-2-3-5-14(10)20-15(22)16(23)21-19-9-11-6-7-12(17)13(18)8-11/h2-9H,1H3,(H,20,22)(H,21,23)/b19-9+. The SMILES string of the molecule is Cc1ccccc1NC(=O)C(=O)N/N=C/c1ccc(Cl)c(Cl)c1. The number of amides is 2. The highest BCUT2D eigenvalue weighted by atomic mass is 35.5. The lowest BCUT2D eigenvalue weighted by atomic mass is 10.2. The van der Waals surface area contributed by atoms with Crippen LogP contribution >= 0.6 is 23.2 Å². The second-order valence-electron chi connectivity index (χ2n) is 4.64. The first kappa shape index (κ1) is 17.0. The van der Waals surface area contributed by atoms with E-state index in [0.29, 0.717) is 21.3 Å². The van der Waals surface area contributed by atoms with Crippen molar-refractivity contribution < 1.29 is 9.59 Å². The molecule has 2 aromatic rings. The molecule has 0 fully saturated rings. The van der Waals surface area contributed by atoms with Crippen LogP contribution in [-0.2, 0) is 9.59 Å². The number of benzene rings is 2. The number of hydrazone groups is 1. The molecule has 2 aromatic carbocycles. The van der Waals surface area contributed by atoms with Gasteiger partial charge in [-0.15, -0.1) is 0 Å². The zero-order valence-electron chi connectivity index (χ0n) is 12.1. The van der Waals surface area contributed by atoms with E-state index in [9.17, 15) is 9.59 Å². The molecule has 2 rings (SSSR count). The van der Waals surface area contributed by atoms with Crippen LogP contribution in [0.3, 0.4) is 0 Å². The molecule has 0 spiro atoms. The first-order valence-corrected chi connectivity index (χ1v) is 7.38. The summed E-state index contributed by atoms with van der Waals surface area (Å²) in [7, 11) is 0. The van der Waals surface area contributed by atoms with E-state index in [1.165, 1.54) is 6.21 Å². The van der Waals surface area contributed by atoms with Gasteiger partial charge in [0.25, 0.3) is 0 Å². The first-order valence-electron chi connectivity index (χ1n) is 6.62. The van der Waals surface area contributed by atoms with Gasteiger partial charge in [0.05, 0.1) is 16.3 Å². The highest BCUT2D eigenvalue weighted by Gasteiger charge is 2.13. The molecule has 0 atom stereocenters. The Balaban J connectivity index is 1.93. The molecule has 2 amide bonds. The summed E-state index contributed by atoms with van der Waals surface area (Å²) in [6.07, 6.45) is 1.36. The molecular formula is C16H13Cl2N3O2. The van der Waals surface area contributed by atoms with E-state index in [4.69, 9.17) is 23.2 Å². The Morgan fingerprint density at radius 3 is 2.48 bits per heavy atom. The minimum Gasteiger partial charge on any atom is -0.317 e. The molecule has 0 bridgehead atoms. The zero-order chi connectivity index (χ0) is 16.8. The Morgan fingerprint density at radius 1 is 1.04 bits per heavy atom. The lowest BCUT2D eigenvalue weighted by Crippen LogP contribution is -2.32. The molecule has 0 aliphatic rings. The van der Waals surface area contributed by atoms with Crippen LogP contribution in [0.25, 0.3) is 0 Å². The van der Waals surface area contributed by atoms with E-state index < -0.39 is 11.8 Å². The molecule has 5 nitrogen and oxygen atoms in total. The minimum atomic E-state index is -0.871. The number of nitrogens with one attached hydrogen (secondary N) is 2. The van der Waals surface area contributed by atoms with Gasteiger partial charge in [-0.3, -0.25) is 9.59 Å². The number of halogens is 2. The number of para-hydroxylation sites is 1. The smallest absolute Gasteiger partial charge is 0.317 e. The second kappa shape index (κ2) is 7.76. The van der Waals surface area contributed by atoms with Gasteiger partial charge in [0.15, 0.2) is 0 Å².